The van der Waals surface area contributed by atoms with E-state index in [0.717, 1.165) is 36.3 Å². The van der Waals surface area contributed by atoms with Crippen LogP contribution in [0.25, 0.3) is 0 Å². The third kappa shape index (κ3) is 5.17. The molecule has 1 saturated heterocycles. The van der Waals surface area contributed by atoms with Gasteiger partial charge in [-0.15, -0.1) is 0 Å². The Morgan fingerprint density at radius 2 is 1.76 bits per heavy atom. The predicted octanol–water partition coefficient (Wildman–Crippen LogP) is 4.80. The number of carbonyl (C=O) groups is 3. The summed E-state index contributed by atoms with van der Waals surface area (Å²) >= 11 is 0. The zero-order valence-corrected chi connectivity index (χ0v) is 19.5. The Morgan fingerprint density at radius 1 is 1.18 bits per heavy atom. The molecule has 4 amide bonds. The molecule has 1 unspecified atom stereocenters. The van der Waals surface area contributed by atoms with Gasteiger partial charge < -0.3 is 10.6 Å². The van der Waals surface area contributed by atoms with Gasteiger partial charge in [0.1, 0.15) is 12.1 Å². The number of benzene rings is 1. The topological polar surface area (TPSA) is 78.5 Å². The van der Waals surface area contributed by atoms with E-state index in [9.17, 15) is 27.6 Å². The summed E-state index contributed by atoms with van der Waals surface area (Å²) < 4.78 is 38.2. The van der Waals surface area contributed by atoms with Crippen molar-refractivity contribution in [1.82, 2.24) is 15.5 Å². The molecule has 6 nitrogen and oxygen atoms in total. The number of urea groups is 1. The van der Waals surface area contributed by atoms with Crippen molar-refractivity contribution in [3.05, 3.63) is 35.4 Å². The molecular weight excluding hydrogens is 435 g/mol. The highest BCUT2D eigenvalue weighted by molar-refractivity contribution is 6.09. The van der Waals surface area contributed by atoms with Gasteiger partial charge in [-0.3, -0.25) is 14.5 Å². The minimum absolute atomic E-state index is 0.168. The molecule has 1 aromatic rings. The molecule has 3 rings (SSSR count). The number of alkyl halides is 3. The minimum Gasteiger partial charge on any atom is -0.348 e. The highest BCUT2D eigenvalue weighted by Gasteiger charge is 2.53. The zero-order valence-electron chi connectivity index (χ0n) is 19.5. The van der Waals surface area contributed by atoms with Crippen molar-refractivity contribution in [3.63, 3.8) is 0 Å². The van der Waals surface area contributed by atoms with Crippen molar-refractivity contribution in [2.75, 3.05) is 6.54 Å². The van der Waals surface area contributed by atoms with Crippen molar-refractivity contribution < 1.29 is 27.6 Å². The number of nitrogens with zero attached hydrogens (tertiary/aromatic N) is 1. The Morgan fingerprint density at radius 3 is 2.27 bits per heavy atom. The van der Waals surface area contributed by atoms with E-state index in [1.54, 1.807) is 6.92 Å². The smallest absolute Gasteiger partial charge is 0.348 e. The van der Waals surface area contributed by atoms with Crippen LogP contribution in [0.1, 0.15) is 77.0 Å². The van der Waals surface area contributed by atoms with Crippen LogP contribution in [-0.4, -0.2) is 34.8 Å². The summed E-state index contributed by atoms with van der Waals surface area (Å²) in [6.45, 7) is 7.79. The summed E-state index contributed by atoms with van der Waals surface area (Å²) in [6.07, 6.45) is -0.641. The Kier molecular flexibility index (Phi) is 6.82. The van der Waals surface area contributed by atoms with Gasteiger partial charge in [-0.25, -0.2) is 4.79 Å². The third-order valence-corrected chi connectivity index (χ3v) is 7.52. The van der Waals surface area contributed by atoms with Gasteiger partial charge in [0.2, 0.25) is 5.91 Å². The van der Waals surface area contributed by atoms with Gasteiger partial charge in [-0.1, -0.05) is 39.3 Å². The number of hydrogen-bond acceptors (Lipinski definition) is 3. The maximum absolute atomic E-state index is 13.1. The quantitative estimate of drug-likeness (QED) is 0.590. The molecule has 1 atom stereocenters. The van der Waals surface area contributed by atoms with Crippen LogP contribution in [-0.2, 0) is 15.8 Å². The van der Waals surface area contributed by atoms with E-state index in [1.165, 1.54) is 12.1 Å². The van der Waals surface area contributed by atoms with Crippen LogP contribution < -0.4 is 10.6 Å². The average molecular weight is 468 g/mol. The average Bonchev–Trinajstić information content (AvgIpc) is 2.97. The van der Waals surface area contributed by atoms with Crippen molar-refractivity contribution in [3.8, 4) is 0 Å². The SMILES string of the molecule is CCC(C)(C)C1CCC2(CC1)NC(=O)N(CC(=O)NC(C)c1ccc(C(F)(F)F)cc1)C2=O. The molecule has 2 N–H and O–H groups in total. The zero-order chi connectivity index (χ0) is 24.6. The molecular formula is C24H32F3N3O3. The molecule has 33 heavy (non-hydrogen) atoms. The van der Waals surface area contributed by atoms with Crippen molar-refractivity contribution >= 4 is 17.8 Å². The molecule has 1 aliphatic heterocycles. The van der Waals surface area contributed by atoms with Gasteiger partial charge in [0.25, 0.3) is 5.91 Å². The first-order chi connectivity index (χ1) is 15.3. The lowest BCUT2D eigenvalue weighted by molar-refractivity contribution is -0.137. The third-order valence-electron chi connectivity index (χ3n) is 7.52. The predicted molar refractivity (Wildman–Crippen MR) is 117 cm³/mol. The molecule has 9 heteroatoms. The second kappa shape index (κ2) is 8.99. The van der Waals surface area contributed by atoms with Crippen LogP contribution in [0.2, 0.25) is 0 Å². The number of imide groups is 1. The summed E-state index contributed by atoms with van der Waals surface area (Å²) in [4.78, 5) is 39.1. The van der Waals surface area contributed by atoms with E-state index < -0.39 is 41.8 Å². The number of halogens is 3. The van der Waals surface area contributed by atoms with Gasteiger partial charge in [-0.2, -0.15) is 13.2 Å². The lowest BCUT2D eigenvalue weighted by Crippen LogP contribution is -2.51. The molecule has 1 heterocycles. The molecule has 1 aliphatic carbocycles. The normalized spacial score (nSPS) is 24.7. The summed E-state index contributed by atoms with van der Waals surface area (Å²) in [7, 11) is 0. The van der Waals surface area contributed by atoms with Gasteiger partial charge in [0.05, 0.1) is 11.6 Å². The Bertz CT molecular complexity index is 904. The first-order valence-electron chi connectivity index (χ1n) is 11.4. The molecule has 182 valence electrons. The van der Waals surface area contributed by atoms with Crippen LogP contribution in [0.4, 0.5) is 18.0 Å². The van der Waals surface area contributed by atoms with E-state index in [4.69, 9.17) is 0 Å². The summed E-state index contributed by atoms with van der Waals surface area (Å²) in [6, 6.07) is 3.34. The molecule has 2 aliphatic rings. The second-order valence-corrected chi connectivity index (χ2v) is 9.93. The number of rotatable bonds is 6. The fraction of sp³-hybridized carbons (Fsp3) is 0.625. The molecule has 1 saturated carbocycles. The lowest BCUT2D eigenvalue weighted by Gasteiger charge is -2.42. The molecule has 0 aromatic heterocycles. The van der Waals surface area contributed by atoms with Crippen LogP contribution in [0.3, 0.4) is 0 Å². The maximum Gasteiger partial charge on any atom is 0.416 e. The van der Waals surface area contributed by atoms with Crippen molar-refractivity contribution in [2.24, 2.45) is 11.3 Å². The first kappa shape index (κ1) is 25.1. The molecule has 2 fully saturated rings. The van der Waals surface area contributed by atoms with Crippen LogP contribution >= 0.6 is 0 Å². The standard InChI is InChI=1S/C24H32F3N3O3/c1-5-22(3,4)17-10-12-23(13-11-17)20(32)30(21(33)29-23)14-19(31)28-15(2)16-6-8-18(9-7-16)24(25,26)27/h6-9,15,17H,5,10-14H2,1-4H3,(H,28,31)(H,29,33). The van der Waals surface area contributed by atoms with Crippen molar-refractivity contribution in [2.45, 2.75) is 77.6 Å². The molecule has 1 spiro atoms. The van der Waals surface area contributed by atoms with E-state index in [-0.39, 0.29) is 11.3 Å². The number of carbonyl (C=O) groups excluding carboxylic acids is 3. The monoisotopic (exact) mass is 467 g/mol. The Labute approximate surface area is 192 Å². The molecule has 0 bridgehead atoms. The van der Waals surface area contributed by atoms with E-state index in [0.29, 0.717) is 24.3 Å². The summed E-state index contributed by atoms with van der Waals surface area (Å²) in [5.41, 5.74) is -1.06. The lowest BCUT2D eigenvalue weighted by atomic mass is 9.65. The molecule has 1 aromatic carbocycles. The van der Waals surface area contributed by atoms with Gasteiger partial charge in [-0.05, 0) is 61.6 Å². The first-order valence-corrected chi connectivity index (χ1v) is 11.4. The van der Waals surface area contributed by atoms with Crippen molar-refractivity contribution in [1.29, 1.82) is 0 Å². The van der Waals surface area contributed by atoms with E-state index in [2.05, 4.69) is 31.4 Å². The van der Waals surface area contributed by atoms with Crippen LogP contribution in [0.15, 0.2) is 24.3 Å². The van der Waals surface area contributed by atoms with Crippen LogP contribution in [0, 0.1) is 11.3 Å². The van der Waals surface area contributed by atoms with Gasteiger partial charge in [0.15, 0.2) is 0 Å². The van der Waals surface area contributed by atoms with E-state index >= 15 is 0 Å². The van der Waals surface area contributed by atoms with E-state index in [1.807, 2.05) is 0 Å². The van der Waals surface area contributed by atoms with Gasteiger partial charge >= 0.3 is 12.2 Å². The number of hydrogen-bond donors (Lipinski definition) is 2. The Balaban J connectivity index is 1.59. The highest BCUT2D eigenvalue weighted by atomic mass is 19.4. The summed E-state index contributed by atoms with van der Waals surface area (Å²) in [5.74, 6) is -0.457. The minimum atomic E-state index is -4.43. The second-order valence-electron chi connectivity index (χ2n) is 9.93. The largest absolute Gasteiger partial charge is 0.416 e. The number of nitrogens with one attached hydrogen (secondary N) is 2. The fourth-order valence-electron chi connectivity index (χ4n) is 4.81. The Hall–Kier alpha value is -2.58. The molecule has 0 radical (unpaired) electrons. The maximum atomic E-state index is 13.1. The highest BCUT2D eigenvalue weighted by Crippen LogP contribution is 2.45. The number of amides is 4. The van der Waals surface area contributed by atoms with Gasteiger partial charge in [0, 0.05) is 0 Å². The summed E-state index contributed by atoms with van der Waals surface area (Å²) in [5, 5.41) is 5.47. The fourth-order valence-corrected chi connectivity index (χ4v) is 4.81. The van der Waals surface area contributed by atoms with Crippen LogP contribution in [0.5, 0.6) is 0 Å².